The summed E-state index contributed by atoms with van der Waals surface area (Å²) in [5.74, 6) is -1.11. The van der Waals surface area contributed by atoms with Crippen LogP contribution in [-0.2, 0) is 16.6 Å². The lowest BCUT2D eigenvalue weighted by atomic mass is 10.1. The van der Waals surface area contributed by atoms with Crippen LogP contribution in [0, 0.1) is 12.7 Å². The summed E-state index contributed by atoms with van der Waals surface area (Å²) in [6, 6.07) is 17.7. The number of hydrogen-bond acceptors (Lipinski definition) is 9. The van der Waals surface area contributed by atoms with E-state index in [0.29, 0.717) is 33.8 Å². The average Bonchev–Trinajstić information content (AvgIpc) is 3.27. The molecule has 2 aromatic heterocycles. The molecule has 0 spiro atoms. The molecule has 0 aliphatic heterocycles. The lowest BCUT2D eigenvalue weighted by Gasteiger charge is -2.25. The number of amides is 1. The van der Waals surface area contributed by atoms with Crippen LogP contribution >= 0.6 is 0 Å². The second kappa shape index (κ2) is 13.3. The SMILES string of the molecule is COc1cc2c(Oc3ccc(NC(=O)c4c(C)n(C)n(-c5ccccc5)c4=O)cc3F)ccnc2cc1OCC(C)(C)OC(=O)CN. The van der Waals surface area contributed by atoms with E-state index in [1.165, 1.54) is 30.1 Å². The summed E-state index contributed by atoms with van der Waals surface area (Å²) in [5.41, 5.74) is 5.49. The number of pyridine rings is 1. The predicted molar refractivity (Wildman–Crippen MR) is 173 cm³/mol. The fraction of sp³-hybridized carbons (Fsp3) is 0.235. The Kier molecular flexibility index (Phi) is 9.29. The third-order valence-electron chi connectivity index (χ3n) is 7.31. The molecule has 0 aliphatic carbocycles. The van der Waals surface area contributed by atoms with Crippen molar-refractivity contribution in [2.45, 2.75) is 26.4 Å². The zero-order valence-corrected chi connectivity index (χ0v) is 26.5. The lowest BCUT2D eigenvalue weighted by Crippen LogP contribution is -2.37. The minimum atomic E-state index is -0.959. The molecule has 0 bridgehead atoms. The second-order valence-electron chi connectivity index (χ2n) is 11.2. The molecular weight excluding hydrogens is 609 g/mol. The second-order valence-corrected chi connectivity index (χ2v) is 11.2. The van der Waals surface area contributed by atoms with Gasteiger partial charge in [-0.25, -0.2) is 9.07 Å². The summed E-state index contributed by atoms with van der Waals surface area (Å²) in [4.78, 5) is 42.4. The quantitative estimate of drug-likeness (QED) is 0.192. The van der Waals surface area contributed by atoms with E-state index in [-0.39, 0.29) is 35.9 Å². The molecule has 244 valence electrons. The van der Waals surface area contributed by atoms with Gasteiger partial charge in [0.05, 0.1) is 30.6 Å². The molecule has 2 heterocycles. The Morgan fingerprint density at radius 1 is 1.00 bits per heavy atom. The van der Waals surface area contributed by atoms with Gasteiger partial charge in [-0.15, -0.1) is 0 Å². The first-order chi connectivity index (χ1) is 22.4. The summed E-state index contributed by atoms with van der Waals surface area (Å²) >= 11 is 0. The number of para-hydroxylation sites is 1. The van der Waals surface area contributed by atoms with Crippen molar-refractivity contribution in [1.29, 1.82) is 0 Å². The van der Waals surface area contributed by atoms with E-state index >= 15 is 4.39 Å². The van der Waals surface area contributed by atoms with Gasteiger partial charge in [0.1, 0.15) is 23.5 Å². The number of halogens is 1. The number of fused-ring (bicyclic) bond motifs is 1. The van der Waals surface area contributed by atoms with Gasteiger partial charge in [-0.2, -0.15) is 0 Å². The maximum absolute atomic E-state index is 15.3. The highest BCUT2D eigenvalue weighted by molar-refractivity contribution is 6.05. The topological polar surface area (TPSA) is 149 Å². The van der Waals surface area contributed by atoms with Crippen molar-refractivity contribution < 1.29 is 32.9 Å². The van der Waals surface area contributed by atoms with Crippen molar-refractivity contribution in [2.75, 3.05) is 25.6 Å². The zero-order valence-electron chi connectivity index (χ0n) is 26.5. The van der Waals surface area contributed by atoms with Crippen molar-refractivity contribution >= 4 is 28.5 Å². The van der Waals surface area contributed by atoms with Crippen LogP contribution in [0.3, 0.4) is 0 Å². The summed E-state index contributed by atoms with van der Waals surface area (Å²) in [6.07, 6.45) is 1.50. The molecule has 47 heavy (non-hydrogen) atoms. The first-order valence-corrected chi connectivity index (χ1v) is 14.6. The summed E-state index contributed by atoms with van der Waals surface area (Å²) in [7, 11) is 3.15. The fourth-order valence-corrected chi connectivity index (χ4v) is 4.92. The minimum absolute atomic E-state index is 0.0118. The third-order valence-corrected chi connectivity index (χ3v) is 7.31. The van der Waals surface area contributed by atoms with E-state index in [0.717, 1.165) is 6.07 Å². The average molecular weight is 644 g/mol. The standard InChI is InChI=1S/C34H34FN5O7/c1-20-31(33(43)40(39(20)4)22-9-7-6-8-10-22)32(42)38-21-11-12-27(24(35)15-21)46-26-13-14-37-25-17-29(28(44-5)16-23(25)26)45-19-34(2,3)47-30(41)18-36/h6-17H,18-19,36H2,1-5H3,(H,38,42). The maximum Gasteiger partial charge on any atom is 0.320 e. The molecule has 5 aromatic rings. The highest BCUT2D eigenvalue weighted by Gasteiger charge is 2.25. The number of nitrogens with zero attached hydrogens (tertiary/aromatic N) is 3. The van der Waals surface area contributed by atoms with E-state index in [9.17, 15) is 14.4 Å². The number of methoxy groups -OCH3 is 1. The number of benzene rings is 3. The summed E-state index contributed by atoms with van der Waals surface area (Å²) in [6.45, 7) is 4.80. The van der Waals surface area contributed by atoms with Crippen LogP contribution in [0.1, 0.15) is 29.9 Å². The van der Waals surface area contributed by atoms with Gasteiger partial charge in [-0.1, -0.05) is 18.2 Å². The van der Waals surface area contributed by atoms with Gasteiger partial charge >= 0.3 is 5.97 Å². The van der Waals surface area contributed by atoms with E-state index < -0.39 is 28.9 Å². The number of nitrogens with two attached hydrogens (primary N) is 1. The van der Waals surface area contributed by atoms with Gasteiger partial charge in [0, 0.05) is 36.5 Å². The molecule has 3 N–H and O–H groups in total. The normalized spacial score (nSPS) is 11.3. The lowest BCUT2D eigenvalue weighted by molar-refractivity contribution is -0.157. The molecule has 0 fully saturated rings. The highest BCUT2D eigenvalue weighted by atomic mass is 19.1. The van der Waals surface area contributed by atoms with Crippen molar-refractivity contribution in [2.24, 2.45) is 12.8 Å². The molecular formula is C34H34FN5O7. The number of esters is 1. The van der Waals surface area contributed by atoms with Crippen LogP contribution < -0.4 is 30.8 Å². The van der Waals surface area contributed by atoms with Gasteiger partial charge in [-0.05, 0) is 57.2 Å². The first kappa shape index (κ1) is 32.7. The fourth-order valence-electron chi connectivity index (χ4n) is 4.92. The van der Waals surface area contributed by atoms with Gasteiger partial charge in [0.15, 0.2) is 23.1 Å². The van der Waals surface area contributed by atoms with Crippen LogP contribution in [0.15, 0.2) is 77.7 Å². The monoisotopic (exact) mass is 643 g/mol. The van der Waals surface area contributed by atoms with Crippen LogP contribution in [0.4, 0.5) is 10.1 Å². The molecule has 1 amide bonds. The maximum atomic E-state index is 15.3. The number of ether oxygens (including phenoxy) is 4. The summed E-state index contributed by atoms with van der Waals surface area (Å²) < 4.78 is 41.0. The van der Waals surface area contributed by atoms with Crippen LogP contribution in [0.2, 0.25) is 0 Å². The predicted octanol–water partition coefficient (Wildman–Crippen LogP) is 4.88. The first-order valence-electron chi connectivity index (χ1n) is 14.6. The molecule has 0 saturated carbocycles. The Bertz CT molecular complexity index is 2020. The number of anilines is 1. The molecule has 3 aromatic carbocycles. The van der Waals surface area contributed by atoms with E-state index in [4.69, 9.17) is 24.7 Å². The molecule has 0 radical (unpaired) electrons. The Balaban J connectivity index is 1.35. The zero-order chi connectivity index (χ0) is 33.9. The summed E-state index contributed by atoms with van der Waals surface area (Å²) in [5, 5.41) is 3.13. The molecule has 0 unspecified atom stereocenters. The Hall–Kier alpha value is -5.69. The third kappa shape index (κ3) is 6.94. The number of nitrogens with one attached hydrogen (secondary N) is 1. The number of hydrogen-bond donors (Lipinski definition) is 2. The Labute approximate surface area is 269 Å². The Morgan fingerprint density at radius 3 is 2.43 bits per heavy atom. The van der Waals surface area contributed by atoms with Crippen LogP contribution in [0.5, 0.6) is 23.0 Å². The van der Waals surface area contributed by atoms with E-state index in [2.05, 4.69) is 10.3 Å². The number of carbonyl (C=O) groups is 2. The van der Waals surface area contributed by atoms with Crippen molar-refractivity contribution in [3.8, 4) is 28.7 Å². The molecule has 5 rings (SSSR count). The van der Waals surface area contributed by atoms with E-state index in [1.54, 1.807) is 75.0 Å². The van der Waals surface area contributed by atoms with Gasteiger partial charge in [0.25, 0.3) is 11.5 Å². The van der Waals surface area contributed by atoms with Gasteiger partial charge < -0.3 is 30.0 Å². The van der Waals surface area contributed by atoms with Gasteiger partial charge in [0.2, 0.25) is 0 Å². The molecule has 0 atom stereocenters. The molecule has 0 aliphatic rings. The molecule has 12 nitrogen and oxygen atoms in total. The highest BCUT2D eigenvalue weighted by Crippen LogP contribution is 2.38. The van der Waals surface area contributed by atoms with E-state index in [1.807, 2.05) is 6.07 Å². The van der Waals surface area contributed by atoms with Crippen molar-refractivity contribution in [3.63, 3.8) is 0 Å². The smallest absolute Gasteiger partial charge is 0.320 e. The number of aromatic nitrogens is 3. The van der Waals surface area contributed by atoms with Crippen molar-refractivity contribution in [3.05, 3.63) is 100 Å². The van der Waals surface area contributed by atoms with Crippen molar-refractivity contribution in [1.82, 2.24) is 14.3 Å². The number of carbonyl (C=O) groups excluding carboxylic acids is 2. The Morgan fingerprint density at radius 2 is 1.74 bits per heavy atom. The molecule has 13 heteroatoms. The number of rotatable bonds is 11. The molecule has 0 saturated heterocycles. The van der Waals surface area contributed by atoms with Crippen LogP contribution in [-0.4, -0.2) is 52.1 Å². The largest absolute Gasteiger partial charge is 0.493 e. The van der Waals surface area contributed by atoms with Gasteiger partial charge in [-0.3, -0.25) is 24.0 Å². The minimum Gasteiger partial charge on any atom is -0.493 e. The van der Waals surface area contributed by atoms with Crippen LogP contribution in [0.25, 0.3) is 16.6 Å².